The van der Waals surface area contributed by atoms with Crippen molar-refractivity contribution in [3.05, 3.63) is 0 Å². The van der Waals surface area contributed by atoms with Crippen LogP contribution in [0.15, 0.2) is 0 Å². The van der Waals surface area contributed by atoms with E-state index in [1.165, 1.54) is 49.2 Å². The van der Waals surface area contributed by atoms with Crippen LogP contribution >= 0.6 is 31.9 Å². The average molecular weight is 312 g/mol. The minimum Gasteiger partial charge on any atom is -0.0928 e. The molecular weight excluding hydrogens is 292 g/mol. The first-order chi connectivity index (χ1) is 6.22. The molecule has 0 radical (unpaired) electrons. The monoisotopic (exact) mass is 310 g/mol. The predicted octanol–water partition coefficient (Wildman–Crippen LogP) is 4.75. The number of rotatable bonds is 4. The third kappa shape index (κ3) is 3.54. The van der Waals surface area contributed by atoms with Crippen molar-refractivity contribution in [2.75, 3.05) is 10.7 Å². The molecule has 0 aromatic carbocycles. The van der Waals surface area contributed by atoms with Gasteiger partial charge in [0.2, 0.25) is 0 Å². The highest BCUT2D eigenvalue weighted by atomic mass is 79.9. The van der Waals surface area contributed by atoms with Crippen LogP contribution in [-0.4, -0.2) is 10.7 Å². The first-order valence-electron chi connectivity index (χ1n) is 5.34. The van der Waals surface area contributed by atoms with Crippen molar-refractivity contribution < 1.29 is 0 Å². The maximum atomic E-state index is 3.59. The Morgan fingerprint density at radius 3 is 2.31 bits per heavy atom. The summed E-state index contributed by atoms with van der Waals surface area (Å²) in [7, 11) is 0. The van der Waals surface area contributed by atoms with Gasteiger partial charge in [0, 0.05) is 10.7 Å². The number of hydrogen-bond acceptors (Lipinski definition) is 0. The lowest BCUT2D eigenvalue weighted by atomic mass is 9.67. The van der Waals surface area contributed by atoms with Gasteiger partial charge in [-0.1, -0.05) is 51.6 Å². The largest absolute Gasteiger partial charge is 0.0928 e. The summed E-state index contributed by atoms with van der Waals surface area (Å²) < 4.78 is 0. The lowest BCUT2D eigenvalue weighted by Crippen LogP contribution is -2.28. The fraction of sp³-hybridized carbons (Fsp3) is 1.00. The van der Waals surface area contributed by atoms with Crippen LogP contribution in [0.25, 0.3) is 0 Å². The maximum absolute atomic E-state index is 3.59. The molecule has 0 bridgehead atoms. The summed E-state index contributed by atoms with van der Waals surface area (Å²) in [5, 5.41) is 2.35. The Kier molecular flexibility index (Phi) is 5.32. The summed E-state index contributed by atoms with van der Waals surface area (Å²) in [6.07, 6.45) is 8.53. The Balaban J connectivity index is 2.53. The molecule has 0 aromatic rings. The summed E-state index contributed by atoms with van der Waals surface area (Å²) in [5.74, 6) is 0.951. The van der Waals surface area contributed by atoms with Crippen LogP contribution in [0, 0.1) is 11.3 Å². The van der Waals surface area contributed by atoms with Gasteiger partial charge in [-0.2, -0.15) is 0 Å². The highest BCUT2D eigenvalue weighted by Gasteiger charge is 2.33. The summed E-state index contributed by atoms with van der Waals surface area (Å²) in [4.78, 5) is 0. The summed E-state index contributed by atoms with van der Waals surface area (Å²) in [6, 6.07) is 0. The van der Waals surface area contributed by atoms with Gasteiger partial charge in [-0.25, -0.2) is 0 Å². The van der Waals surface area contributed by atoms with Gasteiger partial charge >= 0.3 is 0 Å². The Bertz CT molecular complexity index is 134. The third-order valence-electron chi connectivity index (χ3n) is 3.44. The maximum Gasteiger partial charge on any atom is 0.00365 e. The van der Waals surface area contributed by atoms with Gasteiger partial charge in [-0.3, -0.25) is 0 Å². The molecule has 1 atom stereocenters. The van der Waals surface area contributed by atoms with Gasteiger partial charge < -0.3 is 0 Å². The number of alkyl halides is 2. The highest BCUT2D eigenvalue weighted by Crippen LogP contribution is 2.45. The van der Waals surface area contributed by atoms with E-state index in [-0.39, 0.29) is 0 Å². The van der Waals surface area contributed by atoms with E-state index in [4.69, 9.17) is 0 Å². The Labute approximate surface area is 99.1 Å². The number of hydrogen-bond donors (Lipinski definition) is 0. The molecule has 1 aliphatic rings. The smallest absolute Gasteiger partial charge is 0.00365 e. The van der Waals surface area contributed by atoms with E-state index >= 15 is 0 Å². The van der Waals surface area contributed by atoms with Crippen molar-refractivity contribution >= 4 is 31.9 Å². The van der Waals surface area contributed by atoms with Crippen molar-refractivity contribution in [2.45, 2.75) is 45.4 Å². The molecule has 1 unspecified atom stereocenters. The Morgan fingerprint density at radius 2 is 1.85 bits per heavy atom. The van der Waals surface area contributed by atoms with Crippen molar-refractivity contribution in [1.29, 1.82) is 0 Å². The molecular formula is C11H20Br2. The summed E-state index contributed by atoms with van der Waals surface area (Å²) in [6.45, 7) is 2.41. The predicted molar refractivity (Wildman–Crippen MR) is 66.9 cm³/mol. The summed E-state index contributed by atoms with van der Waals surface area (Å²) in [5.41, 5.74) is 0.657. The minimum atomic E-state index is 0.657. The van der Waals surface area contributed by atoms with Gasteiger partial charge in [-0.05, 0) is 37.0 Å². The van der Waals surface area contributed by atoms with Gasteiger partial charge in [0.15, 0.2) is 0 Å². The average Bonchev–Trinajstić information content (AvgIpc) is 2.04. The van der Waals surface area contributed by atoms with Crippen molar-refractivity contribution in [2.24, 2.45) is 11.3 Å². The summed E-state index contributed by atoms with van der Waals surface area (Å²) >= 11 is 7.19. The zero-order valence-corrected chi connectivity index (χ0v) is 11.7. The molecule has 0 N–H and O–H groups in total. The normalized spacial score (nSPS) is 27.5. The third-order valence-corrected chi connectivity index (χ3v) is 4.23. The molecule has 1 aliphatic carbocycles. The highest BCUT2D eigenvalue weighted by molar-refractivity contribution is 9.09. The molecule has 0 nitrogen and oxygen atoms in total. The second-order valence-corrected chi connectivity index (χ2v) is 6.17. The second kappa shape index (κ2) is 5.75. The van der Waals surface area contributed by atoms with E-state index in [9.17, 15) is 0 Å². The molecule has 0 heterocycles. The van der Waals surface area contributed by atoms with Crippen molar-refractivity contribution in [3.63, 3.8) is 0 Å². The fourth-order valence-corrected chi connectivity index (χ4v) is 4.43. The van der Waals surface area contributed by atoms with Crippen molar-refractivity contribution in [1.82, 2.24) is 0 Å². The molecule has 78 valence electrons. The molecule has 2 heteroatoms. The minimum absolute atomic E-state index is 0.657. The molecule has 0 spiro atoms. The molecule has 1 saturated carbocycles. The van der Waals surface area contributed by atoms with E-state index in [2.05, 4.69) is 38.8 Å². The molecule has 0 aromatic heterocycles. The van der Waals surface area contributed by atoms with Crippen molar-refractivity contribution in [3.8, 4) is 0 Å². The van der Waals surface area contributed by atoms with Gasteiger partial charge in [0.05, 0.1) is 0 Å². The van der Waals surface area contributed by atoms with Gasteiger partial charge in [0.25, 0.3) is 0 Å². The van der Waals surface area contributed by atoms with E-state index in [0.29, 0.717) is 5.41 Å². The Morgan fingerprint density at radius 1 is 1.23 bits per heavy atom. The van der Waals surface area contributed by atoms with Crippen LogP contribution in [-0.2, 0) is 0 Å². The fourth-order valence-electron chi connectivity index (χ4n) is 2.75. The van der Waals surface area contributed by atoms with Crippen LogP contribution in [0.2, 0.25) is 0 Å². The molecule has 13 heavy (non-hydrogen) atoms. The first kappa shape index (κ1) is 12.0. The zero-order valence-electron chi connectivity index (χ0n) is 8.49. The topological polar surface area (TPSA) is 0 Å². The van der Waals surface area contributed by atoms with E-state index in [1.807, 2.05) is 0 Å². The molecule has 0 saturated heterocycles. The Hall–Kier alpha value is 0.960. The van der Waals surface area contributed by atoms with Crippen LogP contribution in [0.4, 0.5) is 0 Å². The van der Waals surface area contributed by atoms with Crippen LogP contribution < -0.4 is 0 Å². The van der Waals surface area contributed by atoms with E-state index in [1.54, 1.807) is 0 Å². The zero-order chi connectivity index (χ0) is 9.73. The van der Waals surface area contributed by atoms with Gasteiger partial charge in [-0.15, -0.1) is 0 Å². The van der Waals surface area contributed by atoms with E-state index < -0.39 is 0 Å². The van der Waals surface area contributed by atoms with E-state index in [0.717, 1.165) is 5.92 Å². The van der Waals surface area contributed by atoms with Crippen LogP contribution in [0.1, 0.15) is 45.4 Å². The molecule has 1 fully saturated rings. The lowest BCUT2D eigenvalue weighted by molar-refractivity contribution is 0.137. The van der Waals surface area contributed by atoms with Gasteiger partial charge in [0.1, 0.15) is 0 Å². The van der Waals surface area contributed by atoms with Crippen LogP contribution in [0.5, 0.6) is 0 Å². The SMILES string of the molecule is CC1CCCC(CCBr)(CCBr)C1. The molecule has 0 aliphatic heterocycles. The molecule has 0 amide bonds. The van der Waals surface area contributed by atoms with Crippen LogP contribution in [0.3, 0.4) is 0 Å². The lowest BCUT2D eigenvalue weighted by Gasteiger charge is -2.39. The first-order valence-corrected chi connectivity index (χ1v) is 7.59. The molecule has 1 rings (SSSR count). The second-order valence-electron chi connectivity index (χ2n) is 4.58. The standard InChI is InChI=1S/C11H20Br2/c1-10-3-2-4-11(9-10,5-7-12)6-8-13/h10H,2-9H2,1H3. The number of halogens is 2. The quantitative estimate of drug-likeness (QED) is 0.657.